The fourth-order valence-corrected chi connectivity index (χ4v) is 3.85. The van der Waals surface area contributed by atoms with E-state index in [9.17, 15) is 32.5 Å². The van der Waals surface area contributed by atoms with Gasteiger partial charge in [0.2, 0.25) is 5.88 Å². The van der Waals surface area contributed by atoms with Crippen LogP contribution in [0.4, 0.5) is 34.6 Å². The number of carbonyl (C=O) groups is 1. The van der Waals surface area contributed by atoms with E-state index in [1.54, 1.807) is 6.07 Å². The van der Waals surface area contributed by atoms with Crippen molar-refractivity contribution < 1.29 is 32.0 Å². The summed E-state index contributed by atoms with van der Waals surface area (Å²) in [6.45, 7) is 1.31. The van der Waals surface area contributed by atoms with Crippen LogP contribution in [0, 0.1) is 15.9 Å². The zero-order valence-corrected chi connectivity index (χ0v) is 19.1. The summed E-state index contributed by atoms with van der Waals surface area (Å²) in [6, 6.07) is 7.77. The molecular weight excluding hydrogens is 508 g/mol. The third-order valence-electron chi connectivity index (χ3n) is 5.41. The van der Waals surface area contributed by atoms with Crippen LogP contribution in [0.25, 0.3) is 0 Å². The maximum absolute atomic E-state index is 14.2. The Bertz CT molecular complexity index is 1330. The van der Waals surface area contributed by atoms with E-state index >= 15 is 0 Å². The standard InChI is InChI=1S/C23H17ClF4N4O4/c24-17-9-13(23(26,27)28)12-29-22(17)36-20-6-3-14(10-19(20)31-7-1-2-8-31)30-21(33)16-11-15(32(34)35)4-5-18(16)25/h3-6,9-12H,1-2,7-8H2,(H,30,33). The molecule has 1 aliphatic rings. The number of benzene rings is 2. The number of non-ortho nitro benzene ring substituents is 1. The van der Waals surface area contributed by atoms with Crippen molar-refractivity contribution in [2.24, 2.45) is 0 Å². The molecule has 2 aromatic carbocycles. The molecule has 0 radical (unpaired) electrons. The third kappa shape index (κ3) is 5.48. The van der Waals surface area contributed by atoms with Crippen LogP contribution in [0.3, 0.4) is 0 Å². The van der Waals surface area contributed by atoms with Crippen LogP contribution in [-0.2, 0) is 6.18 Å². The zero-order valence-electron chi connectivity index (χ0n) is 18.3. The maximum Gasteiger partial charge on any atom is 0.417 e. The molecule has 1 aliphatic heterocycles. The Morgan fingerprint density at radius 2 is 1.86 bits per heavy atom. The summed E-state index contributed by atoms with van der Waals surface area (Å²) in [5.74, 6) is -1.84. The number of nitro groups is 1. The molecule has 2 heterocycles. The van der Waals surface area contributed by atoms with Crippen molar-refractivity contribution in [3.63, 3.8) is 0 Å². The molecule has 0 unspecified atom stereocenters. The fourth-order valence-electron chi connectivity index (χ4n) is 3.65. The van der Waals surface area contributed by atoms with E-state index in [-0.39, 0.29) is 22.3 Å². The highest BCUT2D eigenvalue weighted by Crippen LogP contribution is 2.39. The van der Waals surface area contributed by atoms with Crippen LogP contribution in [0.15, 0.2) is 48.7 Å². The monoisotopic (exact) mass is 524 g/mol. The minimum Gasteiger partial charge on any atom is -0.435 e. The van der Waals surface area contributed by atoms with Gasteiger partial charge in [-0.2, -0.15) is 13.2 Å². The van der Waals surface area contributed by atoms with E-state index in [1.165, 1.54) is 12.1 Å². The first-order valence-corrected chi connectivity index (χ1v) is 11.0. The number of nitrogens with one attached hydrogen (secondary N) is 1. The van der Waals surface area contributed by atoms with Gasteiger partial charge in [0.25, 0.3) is 11.6 Å². The van der Waals surface area contributed by atoms with Gasteiger partial charge >= 0.3 is 6.18 Å². The molecule has 36 heavy (non-hydrogen) atoms. The summed E-state index contributed by atoms with van der Waals surface area (Å²) in [5, 5.41) is 13.1. The van der Waals surface area contributed by atoms with E-state index < -0.39 is 39.6 Å². The second kappa shape index (κ2) is 9.97. The molecule has 1 N–H and O–H groups in total. The minimum atomic E-state index is -4.62. The summed E-state index contributed by atoms with van der Waals surface area (Å²) in [6.07, 6.45) is -2.24. The highest BCUT2D eigenvalue weighted by atomic mass is 35.5. The number of hydrogen-bond donors (Lipinski definition) is 1. The quantitative estimate of drug-likeness (QED) is 0.226. The highest BCUT2D eigenvalue weighted by Gasteiger charge is 2.32. The zero-order chi connectivity index (χ0) is 26.0. The molecule has 0 atom stereocenters. The molecule has 4 rings (SSSR count). The number of ether oxygens (including phenoxy) is 1. The van der Waals surface area contributed by atoms with Crippen LogP contribution < -0.4 is 15.0 Å². The molecule has 1 fully saturated rings. The molecule has 1 aromatic heterocycles. The number of hydrogen-bond acceptors (Lipinski definition) is 6. The Kier molecular flexibility index (Phi) is 6.97. The predicted octanol–water partition coefficient (Wildman–Crippen LogP) is 6.45. The highest BCUT2D eigenvalue weighted by molar-refractivity contribution is 6.31. The Labute approximate surface area is 206 Å². The number of halogens is 5. The minimum absolute atomic E-state index is 0.227. The molecule has 0 spiro atoms. The van der Waals surface area contributed by atoms with E-state index in [4.69, 9.17) is 16.3 Å². The van der Waals surface area contributed by atoms with Gasteiger partial charge in [-0.3, -0.25) is 14.9 Å². The van der Waals surface area contributed by atoms with Crippen molar-refractivity contribution in [3.05, 3.63) is 80.7 Å². The number of nitrogens with zero attached hydrogens (tertiary/aromatic N) is 3. The van der Waals surface area contributed by atoms with Gasteiger partial charge in [-0.1, -0.05) is 11.6 Å². The van der Waals surface area contributed by atoms with Gasteiger partial charge in [0.1, 0.15) is 10.8 Å². The topological polar surface area (TPSA) is 97.6 Å². The van der Waals surface area contributed by atoms with E-state index in [0.717, 1.165) is 31.0 Å². The number of anilines is 2. The largest absolute Gasteiger partial charge is 0.435 e. The van der Waals surface area contributed by atoms with Crippen molar-refractivity contribution in [2.45, 2.75) is 19.0 Å². The van der Waals surface area contributed by atoms with Crippen LogP contribution in [0.2, 0.25) is 5.02 Å². The second-order valence-corrected chi connectivity index (χ2v) is 8.27. The Balaban J connectivity index is 1.63. The van der Waals surface area contributed by atoms with Gasteiger partial charge < -0.3 is 15.0 Å². The van der Waals surface area contributed by atoms with Crippen LogP contribution in [0.1, 0.15) is 28.8 Å². The average molecular weight is 525 g/mol. The van der Waals surface area contributed by atoms with Crippen molar-refractivity contribution >= 4 is 34.6 Å². The molecule has 8 nitrogen and oxygen atoms in total. The van der Waals surface area contributed by atoms with Gasteiger partial charge in [-0.05, 0) is 43.2 Å². The first kappa shape index (κ1) is 25.2. The van der Waals surface area contributed by atoms with E-state index in [0.29, 0.717) is 31.0 Å². The number of rotatable bonds is 6. The van der Waals surface area contributed by atoms with Crippen LogP contribution in [-0.4, -0.2) is 28.9 Å². The molecule has 13 heteroatoms. The van der Waals surface area contributed by atoms with Gasteiger partial charge in [0, 0.05) is 37.1 Å². The smallest absolute Gasteiger partial charge is 0.417 e. The fraction of sp³-hybridized carbons (Fsp3) is 0.217. The SMILES string of the molecule is O=C(Nc1ccc(Oc2ncc(C(F)(F)F)cc2Cl)c(N2CCCC2)c1)c1cc([N+](=O)[O-])ccc1F. The van der Waals surface area contributed by atoms with Crippen LogP contribution in [0.5, 0.6) is 11.6 Å². The maximum atomic E-state index is 14.2. The summed E-state index contributed by atoms with van der Waals surface area (Å²) < 4.78 is 58.6. The summed E-state index contributed by atoms with van der Waals surface area (Å²) >= 11 is 5.97. The number of nitro benzene ring substituents is 1. The molecule has 0 bridgehead atoms. The van der Waals surface area contributed by atoms with E-state index in [2.05, 4.69) is 10.3 Å². The lowest BCUT2D eigenvalue weighted by molar-refractivity contribution is -0.384. The molecule has 188 valence electrons. The Hall–Kier alpha value is -3.93. The first-order valence-electron chi connectivity index (χ1n) is 10.6. The number of carbonyl (C=O) groups excluding carboxylic acids is 1. The lowest BCUT2D eigenvalue weighted by Crippen LogP contribution is -2.19. The predicted molar refractivity (Wildman–Crippen MR) is 123 cm³/mol. The lowest BCUT2D eigenvalue weighted by atomic mass is 10.1. The lowest BCUT2D eigenvalue weighted by Gasteiger charge is -2.22. The number of alkyl halides is 3. The van der Waals surface area contributed by atoms with Gasteiger partial charge in [-0.25, -0.2) is 9.37 Å². The molecule has 0 aliphatic carbocycles. The van der Waals surface area contributed by atoms with Crippen molar-refractivity contribution in [1.82, 2.24) is 4.98 Å². The summed E-state index contributed by atoms with van der Waals surface area (Å²) in [7, 11) is 0. The van der Waals surface area contributed by atoms with Gasteiger partial charge in [0.15, 0.2) is 5.75 Å². The molecule has 3 aromatic rings. The van der Waals surface area contributed by atoms with Crippen molar-refractivity contribution in [1.29, 1.82) is 0 Å². The van der Waals surface area contributed by atoms with Crippen molar-refractivity contribution in [3.8, 4) is 11.6 Å². The Morgan fingerprint density at radius 1 is 1.14 bits per heavy atom. The third-order valence-corrected chi connectivity index (χ3v) is 5.68. The molecule has 1 saturated heterocycles. The molecule has 0 saturated carbocycles. The van der Waals surface area contributed by atoms with Crippen LogP contribution >= 0.6 is 11.6 Å². The van der Waals surface area contributed by atoms with E-state index in [1.807, 2.05) is 4.90 Å². The molecule has 1 amide bonds. The average Bonchev–Trinajstić information content (AvgIpc) is 3.35. The normalized spacial score (nSPS) is 13.5. The summed E-state index contributed by atoms with van der Waals surface area (Å²) in [5.41, 5.74) is -1.22. The number of amides is 1. The van der Waals surface area contributed by atoms with Gasteiger partial charge in [0.05, 0.1) is 21.7 Å². The summed E-state index contributed by atoms with van der Waals surface area (Å²) in [4.78, 5) is 28.5. The van der Waals surface area contributed by atoms with Crippen molar-refractivity contribution in [2.75, 3.05) is 23.3 Å². The molecular formula is C23H17ClF4N4O4. The Morgan fingerprint density at radius 3 is 2.50 bits per heavy atom. The number of aromatic nitrogens is 1. The van der Waals surface area contributed by atoms with Gasteiger partial charge in [-0.15, -0.1) is 0 Å². The second-order valence-electron chi connectivity index (χ2n) is 7.86. The number of pyridine rings is 1. The first-order chi connectivity index (χ1) is 17.0.